The maximum Gasteiger partial charge on any atom is 0.265 e. The fraction of sp³-hybridized carbons (Fsp3) is 0.316. The number of benzene rings is 4. The number of halogens is 6. The van der Waals surface area contributed by atoms with Crippen molar-refractivity contribution in [3.63, 3.8) is 0 Å². The summed E-state index contributed by atoms with van der Waals surface area (Å²) in [5.74, 6) is -5.36. The lowest BCUT2D eigenvalue weighted by Gasteiger charge is -2.31. The van der Waals surface area contributed by atoms with Crippen molar-refractivity contribution in [2.45, 2.75) is 36.8 Å². The van der Waals surface area contributed by atoms with Gasteiger partial charge in [0, 0.05) is 60.3 Å². The fourth-order valence-electron chi connectivity index (χ4n) is 7.37. The predicted molar refractivity (Wildman–Crippen MR) is 191 cm³/mol. The van der Waals surface area contributed by atoms with Crippen molar-refractivity contribution in [1.82, 2.24) is 10.6 Å². The zero-order chi connectivity index (χ0) is 36.4. The predicted octanol–water partition coefficient (Wildman–Crippen LogP) is 7.44. The molecule has 0 bridgehead atoms. The molecule has 2 atom stereocenters. The first kappa shape index (κ1) is 34.7. The van der Waals surface area contributed by atoms with E-state index in [-0.39, 0.29) is 51.0 Å². The third-order valence-corrected chi connectivity index (χ3v) is 10.7. The van der Waals surface area contributed by atoms with Gasteiger partial charge in [-0.3, -0.25) is 9.59 Å². The zero-order valence-corrected chi connectivity index (χ0v) is 29.0. The number of nitrogens with one attached hydrogen (secondary N) is 2. The largest absolute Gasteiger partial charge is 0.482 e. The van der Waals surface area contributed by atoms with Gasteiger partial charge in [-0.1, -0.05) is 71.7 Å². The van der Waals surface area contributed by atoms with Crippen LogP contribution in [0.4, 0.5) is 28.9 Å². The van der Waals surface area contributed by atoms with Gasteiger partial charge >= 0.3 is 0 Å². The highest BCUT2D eigenvalue weighted by molar-refractivity contribution is 6.39. The Kier molecular flexibility index (Phi) is 8.84. The summed E-state index contributed by atoms with van der Waals surface area (Å²) in [6.07, 6.45) is -0.692. The van der Waals surface area contributed by atoms with Gasteiger partial charge in [0.1, 0.15) is 11.5 Å². The lowest BCUT2D eigenvalue weighted by Crippen LogP contribution is -2.45. The number of hydrogen-bond acceptors (Lipinski definition) is 6. The van der Waals surface area contributed by atoms with Gasteiger partial charge < -0.3 is 29.9 Å². The molecule has 0 aliphatic carbocycles. The minimum Gasteiger partial charge on any atom is -0.482 e. The van der Waals surface area contributed by atoms with E-state index in [0.717, 1.165) is 11.1 Å². The quantitative estimate of drug-likeness (QED) is 0.191. The van der Waals surface area contributed by atoms with Crippen molar-refractivity contribution in [2.24, 2.45) is 0 Å². The number of nitrogens with zero attached hydrogens (tertiary/aromatic N) is 2. The van der Waals surface area contributed by atoms with Gasteiger partial charge in [0.15, 0.2) is 13.2 Å². The number of carbonyl (C=O) groups excluding carboxylic acids is 2. The summed E-state index contributed by atoms with van der Waals surface area (Å²) in [5, 5.41) is 6.47. The smallest absolute Gasteiger partial charge is 0.265 e. The summed E-state index contributed by atoms with van der Waals surface area (Å²) in [4.78, 5) is 28.5. The minimum absolute atomic E-state index is 0.0986. The van der Waals surface area contributed by atoms with Crippen LogP contribution < -0.4 is 29.9 Å². The SMILES string of the molecule is O=C1COc2cc(-c3cccc(-c4cccc(-c5ccc6c(c5)OCC(=O)N6C[C@@H]5CC(F)(F)CN5)c4Cl)c3Cl)ccc2N1C[C@@H]1CC(F)(F)CN1. The van der Waals surface area contributed by atoms with Crippen molar-refractivity contribution >= 4 is 46.4 Å². The zero-order valence-electron chi connectivity index (χ0n) is 27.5. The van der Waals surface area contributed by atoms with E-state index in [1.807, 2.05) is 48.5 Å². The van der Waals surface area contributed by atoms with E-state index in [4.69, 9.17) is 32.7 Å². The highest BCUT2D eigenvalue weighted by Crippen LogP contribution is 2.46. The van der Waals surface area contributed by atoms with Crippen LogP contribution in [0.5, 0.6) is 11.5 Å². The second-order valence-corrected chi connectivity index (χ2v) is 14.3. The number of hydrogen-bond donors (Lipinski definition) is 2. The first-order valence-electron chi connectivity index (χ1n) is 16.8. The molecule has 52 heavy (non-hydrogen) atoms. The molecular formula is C38H32Cl2F4N4O4. The molecule has 0 spiro atoms. The van der Waals surface area contributed by atoms with E-state index in [1.165, 1.54) is 9.80 Å². The Labute approximate surface area is 306 Å². The van der Waals surface area contributed by atoms with Crippen molar-refractivity contribution < 1.29 is 36.6 Å². The lowest BCUT2D eigenvalue weighted by atomic mass is 9.95. The van der Waals surface area contributed by atoms with E-state index < -0.39 is 37.0 Å². The number of ether oxygens (including phenoxy) is 2. The van der Waals surface area contributed by atoms with Crippen molar-refractivity contribution in [2.75, 3.05) is 49.2 Å². The minimum atomic E-state index is -2.81. The molecule has 2 N–H and O–H groups in total. The number of carbonyl (C=O) groups is 2. The van der Waals surface area contributed by atoms with Crippen LogP contribution >= 0.6 is 23.2 Å². The van der Waals surface area contributed by atoms with E-state index >= 15 is 0 Å². The molecule has 4 aliphatic rings. The topological polar surface area (TPSA) is 83.1 Å². The van der Waals surface area contributed by atoms with Crippen molar-refractivity contribution in [1.29, 1.82) is 0 Å². The summed E-state index contributed by atoms with van der Waals surface area (Å²) < 4.78 is 66.8. The van der Waals surface area contributed by atoms with Crippen LogP contribution in [0.3, 0.4) is 0 Å². The highest BCUT2D eigenvalue weighted by atomic mass is 35.5. The third kappa shape index (κ3) is 6.57. The summed E-state index contributed by atoms with van der Waals surface area (Å²) in [6.45, 7) is -1.07. The molecule has 2 saturated heterocycles. The standard InChI is InChI=1S/C38H32Cl2F4N4O4/c39-35-25(21-7-9-29-31(11-21)51-17-33(49)47(29)15-23-13-37(41,42)19-45-23)3-1-5-27(35)28-6-2-4-26(36(28)40)22-8-10-30-32(12-22)52-18-34(50)48(30)16-24-14-38(43,44)20-46-24/h1-12,23-24,45-46H,13-20H2/t23-,24-/m0/s1. The summed E-state index contributed by atoms with van der Waals surface area (Å²) in [6, 6.07) is 20.7. The van der Waals surface area contributed by atoms with Gasteiger partial charge in [-0.05, 0) is 35.4 Å². The Morgan fingerprint density at radius 1 is 0.635 bits per heavy atom. The van der Waals surface area contributed by atoms with E-state index in [0.29, 0.717) is 55.2 Å². The van der Waals surface area contributed by atoms with Gasteiger partial charge in [0.2, 0.25) is 0 Å². The molecule has 2 amide bonds. The summed E-state index contributed by atoms with van der Waals surface area (Å²) >= 11 is 14.2. The Morgan fingerprint density at radius 2 is 1.04 bits per heavy atom. The molecular weight excluding hydrogens is 723 g/mol. The molecule has 4 heterocycles. The van der Waals surface area contributed by atoms with Crippen LogP contribution in [0, 0.1) is 0 Å². The normalized spacial score (nSPS) is 21.8. The molecule has 0 radical (unpaired) electrons. The fourth-order valence-corrected chi connectivity index (χ4v) is 8.04. The number of alkyl halides is 4. The number of anilines is 2. The molecule has 4 aromatic rings. The number of amides is 2. The van der Waals surface area contributed by atoms with Crippen LogP contribution in [0.1, 0.15) is 12.8 Å². The average Bonchev–Trinajstić information content (AvgIpc) is 3.65. The molecule has 8 nitrogen and oxygen atoms in total. The van der Waals surface area contributed by atoms with E-state index in [9.17, 15) is 27.2 Å². The first-order valence-corrected chi connectivity index (χ1v) is 17.6. The van der Waals surface area contributed by atoms with Crippen LogP contribution in [0.15, 0.2) is 72.8 Å². The van der Waals surface area contributed by atoms with Gasteiger partial charge in [-0.15, -0.1) is 0 Å². The molecule has 270 valence electrons. The summed E-state index contributed by atoms with van der Waals surface area (Å²) in [7, 11) is 0. The second kappa shape index (κ2) is 13.2. The Hall–Kier alpha value is -4.36. The van der Waals surface area contributed by atoms with Gasteiger partial charge in [-0.25, -0.2) is 17.6 Å². The molecule has 8 rings (SSSR count). The summed E-state index contributed by atoms with van der Waals surface area (Å²) in [5.41, 5.74) is 5.16. The molecule has 0 aromatic heterocycles. The Morgan fingerprint density at radius 3 is 1.42 bits per heavy atom. The molecule has 4 aromatic carbocycles. The number of rotatable bonds is 7. The van der Waals surface area contributed by atoms with Crippen molar-refractivity contribution in [3.05, 3.63) is 82.8 Å². The van der Waals surface area contributed by atoms with Crippen LogP contribution in [0.25, 0.3) is 33.4 Å². The van der Waals surface area contributed by atoms with Gasteiger partial charge in [0.05, 0.1) is 34.5 Å². The molecule has 2 fully saturated rings. The highest BCUT2D eigenvalue weighted by Gasteiger charge is 2.42. The molecule has 4 aliphatic heterocycles. The molecule has 0 unspecified atom stereocenters. The average molecular weight is 756 g/mol. The first-order chi connectivity index (χ1) is 24.9. The van der Waals surface area contributed by atoms with E-state index in [2.05, 4.69) is 10.6 Å². The van der Waals surface area contributed by atoms with Crippen LogP contribution in [-0.2, 0) is 9.59 Å². The van der Waals surface area contributed by atoms with Gasteiger partial charge in [-0.2, -0.15) is 0 Å². The Bertz CT molecular complexity index is 1950. The van der Waals surface area contributed by atoms with Gasteiger partial charge in [0.25, 0.3) is 23.7 Å². The lowest BCUT2D eigenvalue weighted by molar-refractivity contribution is -0.122. The molecule has 0 saturated carbocycles. The maximum atomic E-state index is 13.8. The third-order valence-electron chi connectivity index (χ3n) is 9.91. The van der Waals surface area contributed by atoms with Crippen molar-refractivity contribution in [3.8, 4) is 44.9 Å². The molecule has 14 heteroatoms. The second-order valence-electron chi connectivity index (χ2n) is 13.6. The monoisotopic (exact) mass is 754 g/mol. The maximum absolute atomic E-state index is 13.8. The van der Waals surface area contributed by atoms with Crippen LogP contribution in [0.2, 0.25) is 10.0 Å². The number of fused-ring (bicyclic) bond motifs is 2. The Balaban J connectivity index is 1.07. The van der Waals surface area contributed by atoms with Crippen LogP contribution in [-0.4, -0.2) is 75.1 Å². The van der Waals surface area contributed by atoms with E-state index in [1.54, 1.807) is 24.3 Å².